The van der Waals surface area contributed by atoms with Gasteiger partial charge in [-0.25, -0.2) is 0 Å². The number of amides is 1. The molecule has 1 aromatic carbocycles. The highest BCUT2D eigenvalue weighted by atomic mass is 16.5. The zero-order chi connectivity index (χ0) is 13.2. The Bertz CT molecular complexity index is 600. The predicted octanol–water partition coefficient (Wildman–Crippen LogP) is 1.64. The Hall–Kier alpha value is -2.01. The van der Waals surface area contributed by atoms with Gasteiger partial charge in [-0.15, -0.1) is 0 Å². The van der Waals surface area contributed by atoms with E-state index in [1.807, 2.05) is 0 Å². The summed E-state index contributed by atoms with van der Waals surface area (Å²) in [6.07, 6.45) is 1.00. The van der Waals surface area contributed by atoms with E-state index in [0.29, 0.717) is 18.2 Å². The fourth-order valence-corrected chi connectivity index (χ4v) is 2.32. The van der Waals surface area contributed by atoms with E-state index in [4.69, 9.17) is 4.74 Å². The first-order valence-electron chi connectivity index (χ1n) is 6.40. The number of rotatable bonds is 3. The third kappa shape index (κ3) is 2.56. The van der Waals surface area contributed by atoms with Crippen molar-refractivity contribution in [3.05, 3.63) is 30.0 Å². The first kappa shape index (κ1) is 12.0. The molecule has 0 spiro atoms. The van der Waals surface area contributed by atoms with Crippen LogP contribution >= 0.6 is 0 Å². The van der Waals surface area contributed by atoms with Crippen LogP contribution in [0, 0.1) is 5.92 Å². The lowest BCUT2D eigenvalue weighted by molar-refractivity contribution is 0.0941. The van der Waals surface area contributed by atoms with Gasteiger partial charge in [0.25, 0.3) is 5.91 Å². The number of hydrogen-bond donors (Lipinski definition) is 3. The maximum absolute atomic E-state index is 12.0. The molecular weight excluding hydrogens is 244 g/mol. The highest BCUT2D eigenvalue weighted by Crippen LogP contribution is 2.20. The Morgan fingerprint density at radius 3 is 3.16 bits per heavy atom. The van der Waals surface area contributed by atoms with Crippen molar-refractivity contribution in [2.45, 2.75) is 6.42 Å². The lowest BCUT2D eigenvalue weighted by Gasteiger charge is -2.08. The number of phenolic OH excluding ortho intramolecular Hbond substituents is 1. The number of benzene rings is 1. The van der Waals surface area contributed by atoms with Crippen molar-refractivity contribution in [2.24, 2.45) is 5.92 Å². The lowest BCUT2D eigenvalue weighted by atomic mass is 10.1. The van der Waals surface area contributed by atoms with E-state index in [0.717, 1.165) is 30.5 Å². The zero-order valence-corrected chi connectivity index (χ0v) is 10.5. The van der Waals surface area contributed by atoms with Crippen LogP contribution in [0.5, 0.6) is 5.75 Å². The minimum absolute atomic E-state index is 0.123. The van der Waals surface area contributed by atoms with Gasteiger partial charge >= 0.3 is 0 Å². The summed E-state index contributed by atoms with van der Waals surface area (Å²) in [7, 11) is 0. The number of aromatic nitrogens is 1. The third-order valence-electron chi connectivity index (χ3n) is 3.42. The Morgan fingerprint density at radius 1 is 1.47 bits per heavy atom. The van der Waals surface area contributed by atoms with Gasteiger partial charge in [-0.05, 0) is 30.7 Å². The van der Waals surface area contributed by atoms with Gasteiger partial charge < -0.3 is 20.1 Å². The molecule has 1 fully saturated rings. The van der Waals surface area contributed by atoms with Crippen LogP contribution < -0.4 is 5.32 Å². The average molecular weight is 260 g/mol. The van der Waals surface area contributed by atoms with E-state index in [2.05, 4.69) is 10.3 Å². The standard InChI is InChI=1S/C14H16N2O3/c17-11-1-2-12-10(5-11)6-13(16-12)14(18)15-7-9-3-4-19-8-9/h1-2,5-6,9,16-17H,3-4,7-8H2,(H,15,18). The van der Waals surface area contributed by atoms with Gasteiger partial charge in [0.05, 0.1) is 6.61 Å². The summed E-state index contributed by atoms with van der Waals surface area (Å²) in [4.78, 5) is 15.1. The Balaban J connectivity index is 1.70. The van der Waals surface area contributed by atoms with Crippen molar-refractivity contribution in [1.29, 1.82) is 0 Å². The van der Waals surface area contributed by atoms with Crippen LogP contribution in [-0.4, -0.2) is 35.8 Å². The van der Waals surface area contributed by atoms with Crippen LogP contribution in [0.4, 0.5) is 0 Å². The van der Waals surface area contributed by atoms with Gasteiger partial charge in [0.15, 0.2) is 0 Å². The molecule has 3 rings (SSSR count). The molecule has 2 aromatic rings. The molecule has 0 aliphatic carbocycles. The second kappa shape index (κ2) is 4.93. The van der Waals surface area contributed by atoms with Gasteiger partial charge in [-0.1, -0.05) is 0 Å². The number of phenols is 1. The molecule has 1 aliphatic rings. The number of aromatic hydroxyl groups is 1. The molecule has 1 unspecified atom stereocenters. The second-order valence-electron chi connectivity index (χ2n) is 4.89. The SMILES string of the molecule is O=C(NCC1CCOC1)c1cc2cc(O)ccc2[nH]1. The highest BCUT2D eigenvalue weighted by Gasteiger charge is 2.17. The number of fused-ring (bicyclic) bond motifs is 1. The predicted molar refractivity (Wildman–Crippen MR) is 71.2 cm³/mol. The van der Waals surface area contributed by atoms with Crippen LogP contribution in [-0.2, 0) is 4.74 Å². The van der Waals surface area contributed by atoms with Gasteiger partial charge in [0, 0.05) is 30.0 Å². The molecule has 1 aliphatic heterocycles. The summed E-state index contributed by atoms with van der Waals surface area (Å²) in [6, 6.07) is 6.73. The van der Waals surface area contributed by atoms with E-state index < -0.39 is 0 Å². The third-order valence-corrected chi connectivity index (χ3v) is 3.42. The number of aromatic amines is 1. The number of nitrogens with one attached hydrogen (secondary N) is 2. The molecule has 5 heteroatoms. The molecule has 5 nitrogen and oxygen atoms in total. The van der Waals surface area contributed by atoms with Crippen molar-refractivity contribution < 1.29 is 14.6 Å². The molecule has 2 heterocycles. The molecule has 0 radical (unpaired) electrons. The molecular formula is C14H16N2O3. The molecule has 19 heavy (non-hydrogen) atoms. The van der Waals surface area contributed by atoms with Gasteiger partial charge in [0.2, 0.25) is 0 Å². The summed E-state index contributed by atoms with van der Waals surface area (Å²) in [6.45, 7) is 2.15. The molecule has 0 saturated carbocycles. The van der Waals surface area contributed by atoms with Crippen molar-refractivity contribution in [3.8, 4) is 5.75 Å². The monoisotopic (exact) mass is 260 g/mol. The van der Waals surface area contributed by atoms with Crippen LogP contribution in [0.1, 0.15) is 16.9 Å². The highest BCUT2D eigenvalue weighted by molar-refractivity contribution is 5.98. The molecule has 1 amide bonds. The lowest BCUT2D eigenvalue weighted by Crippen LogP contribution is -2.29. The van der Waals surface area contributed by atoms with E-state index in [1.54, 1.807) is 24.3 Å². The minimum atomic E-state index is -0.123. The molecule has 100 valence electrons. The fraction of sp³-hybridized carbons (Fsp3) is 0.357. The topological polar surface area (TPSA) is 74.3 Å². The van der Waals surface area contributed by atoms with Crippen molar-refractivity contribution in [3.63, 3.8) is 0 Å². The van der Waals surface area contributed by atoms with Crippen LogP contribution in [0.25, 0.3) is 10.9 Å². The summed E-state index contributed by atoms with van der Waals surface area (Å²) in [5.41, 5.74) is 1.35. The van der Waals surface area contributed by atoms with E-state index in [1.165, 1.54) is 0 Å². The number of carbonyl (C=O) groups is 1. The number of H-pyrrole nitrogens is 1. The fourth-order valence-electron chi connectivity index (χ4n) is 2.32. The largest absolute Gasteiger partial charge is 0.508 e. The number of carbonyl (C=O) groups excluding carboxylic acids is 1. The maximum atomic E-state index is 12.0. The maximum Gasteiger partial charge on any atom is 0.267 e. The Morgan fingerprint density at radius 2 is 2.37 bits per heavy atom. The first-order chi connectivity index (χ1) is 9.22. The number of ether oxygens (including phenoxy) is 1. The molecule has 3 N–H and O–H groups in total. The molecule has 1 atom stereocenters. The van der Waals surface area contributed by atoms with Crippen molar-refractivity contribution in [1.82, 2.24) is 10.3 Å². The second-order valence-corrected chi connectivity index (χ2v) is 4.89. The zero-order valence-electron chi connectivity index (χ0n) is 10.5. The molecule has 0 bridgehead atoms. The van der Waals surface area contributed by atoms with E-state index in [-0.39, 0.29) is 11.7 Å². The summed E-state index contributed by atoms with van der Waals surface area (Å²) >= 11 is 0. The molecule has 1 saturated heterocycles. The van der Waals surface area contributed by atoms with Gasteiger partial charge in [-0.2, -0.15) is 0 Å². The summed E-state index contributed by atoms with van der Waals surface area (Å²) < 4.78 is 5.27. The Labute approximate surface area is 110 Å². The first-order valence-corrected chi connectivity index (χ1v) is 6.40. The van der Waals surface area contributed by atoms with Crippen molar-refractivity contribution >= 4 is 16.8 Å². The summed E-state index contributed by atoms with van der Waals surface area (Å²) in [5.74, 6) is 0.488. The van der Waals surface area contributed by atoms with Crippen LogP contribution in [0.3, 0.4) is 0 Å². The minimum Gasteiger partial charge on any atom is -0.508 e. The normalized spacial score (nSPS) is 18.8. The average Bonchev–Trinajstić information content (AvgIpc) is 3.04. The number of hydrogen-bond acceptors (Lipinski definition) is 3. The molecule has 1 aromatic heterocycles. The van der Waals surface area contributed by atoms with E-state index in [9.17, 15) is 9.90 Å². The van der Waals surface area contributed by atoms with Gasteiger partial charge in [-0.3, -0.25) is 4.79 Å². The quantitative estimate of drug-likeness (QED) is 0.785. The smallest absolute Gasteiger partial charge is 0.267 e. The van der Waals surface area contributed by atoms with E-state index >= 15 is 0 Å². The van der Waals surface area contributed by atoms with Crippen LogP contribution in [0.15, 0.2) is 24.3 Å². The van der Waals surface area contributed by atoms with Crippen molar-refractivity contribution in [2.75, 3.05) is 19.8 Å². The van der Waals surface area contributed by atoms with Gasteiger partial charge in [0.1, 0.15) is 11.4 Å². The van der Waals surface area contributed by atoms with Crippen LogP contribution in [0.2, 0.25) is 0 Å². The summed E-state index contributed by atoms with van der Waals surface area (Å²) in [5, 5.41) is 13.1. The Kier molecular flexibility index (Phi) is 3.13.